The molecule has 2 atom stereocenters. The summed E-state index contributed by atoms with van der Waals surface area (Å²) in [7, 11) is 0. The molecule has 2 aliphatic rings. The number of carbonyl (C=O) groups excluding carboxylic acids is 1. The maximum atomic E-state index is 15.1. The minimum atomic E-state index is -0.663. The van der Waals surface area contributed by atoms with Crippen molar-refractivity contribution in [3.8, 4) is 6.07 Å². The number of benzene rings is 2. The Balaban J connectivity index is 0.00000134. The van der Waals surface area contributed by atoms with Gasteiger partial charge in [0.1, 0.15) is 11.6 Å². The average Bonchev–Trinajstić information content (AvgIpc) is 2.95. The van der Waals surface area contributed by atoms with E-state index in [4.69, 9.17) is 0 Å². The number of anilines is 1. The summed E-state index contributed by atoms with van der Waals surface area (Å²) in [6.07, 6.45) is 9.71. The zero-order valence-electron chi connectivity index (χ0n) is 22.5. The van der Waals surface area contributed by atoms with Crippen LogP contribution in [0.25, 0.3) is 0 Å². The third-order valence-electron chi connectivity index (χ3n) is 8.01. The molecule has 39 heavy (non-hydrogen) atoms. The normalized spacial score (nSPS) is 22.6. The number of nitrogens with two attached hydrogens (primary N) is 1. The number of rotatable bonds is 7. The summed E-state index contributed by atoms with van der Waals surface area (Å²) in [5.74, 6) is -0.843. The van der Waals surface area contributed by atoms with Crippen LogP contribution in [0.1, 0.15) is 80.9 Å². The molecule has 0 spiro atoms. The highest BCUT2D eigenvalue weighted by molar-refractivity contribution is 7.94. The molecule has 0 aliphatic heterocycles. The van der Waals surface area contributed by atoms with Crippen LogP contribution in [-0.4, -0.2) is 5.91 Å². The molecule has 1 amide bonds. The first-order valence-electron chi connectivity index (χ1n) is 13.8. The van der Waals surface area contributed by atoms with E-state index in [9.17, 15) is 18.3 Å². The van der Waals surface area contributed by atoms with Gasteiger partial charge < -0.3 is 11.1 Å². The van der Waals surface area contributed by atoms with Crippen molar-refractivity contribution in [1.29, 1.82) is 5.26 Å². The molecule has 8 heteroatoms. The molecule has 4 rings (SSSR count). The van der Waals surface area contributed by atoms with E-state index in [0.29, 0.717) is 30.0 Å². The molecule has 0 bridgehead atoms. The Labute approximate surface area is 234 Å². The van der Waals surface area contributed by atoms with Crippen molar-refractivity contribution in [2.75, 3.05) is 5.32 Å². The van der Waals surface area contributed by atoms with Crippen LogP contribution in [-0.2, 0) is 17.6 Å². The maximum absolute atomic E-state index is 15.1. The predicted octanol–water partition coefficient (Wildman–Crippen LogP) is 8.38. The quantitative estimate of drug-likeness (QED) is 0.358. The Morgan fingerprint density at radius 1 is 1.10 bits per heavy atom. The second kappa shape index (κ2) is 15.0. The summed E-state index contributed by atoms with van der Waals surface area (Å²) in [5.41, 5.74) is 7.68. The number of nitrogens with zero attached hydrogens (tertiary/aromatic N) is 1. The van der Waals surface area contributed by atoms with E-state index in [1.807, 2.05) is 13.0 Å². The summed E-state index contributed by atoms with van der Waals surface area (Å²) < 4.78 is 41.8. The first-order chi connectivity index (χ1) is 18.8. The molecule has 2 aromatic carbocycles. The van der Waals surface area contributed by atoms with Crippen molar-refractivity contribution in [3.63, 3.8) is 0 Å². The van der Waals surface area contributed by atoms with Crippen molar-refractivity contribution in [1.82, 2.24) is 0 Å². The predicted molar refractivity (Wildman–Crippen MR) is 152 cm³/mol. The highest BCUT2D eigenvalue weighted by Crippen LogP contribution is 2.42. The number of hydrogen-bond acceptors (Lipinski definition) is 4. The van der Waals surface area contributed by atoms with Crippen LogP contribution in [0.15, 0.2) is 48.0 Å². The molecular weight excluding hydrogens is 519 g/mol. The highest BCUT2D eigenvalue weighted by atomic mass is 32.2. The molecule has 2 fully saturated rings. The number of hydrogen-bond donors (Lipinski definition) is 2. The fourth-order valence-electron chi connectivity index (χ4n) is 5.98. The Morgan fingerprint density at radius 3 is 2.44 bits per heavy atom. The van der Waals surface area contributed by atoms with Gasteiger partial charge in [0, 0.05) is 17.5 Å². The molecule has 3 N–H and O–H groups in total. The van der Waals surface area contributed by atoms with Crippen LogP contribution in [0, 0.1) is 40.7 Å². The van der Waals surface area contributed by atoms with Crippen LogP contribution in [0.4, 0.5) is 18.4 Å². The van der Waals surface area contributed by atoms with E-state index < -0.39 is 5.82 Å². The van der Waals surface area contributed by atoms with Crippen molar-refractivity contribution in [2.24, 2.45) is 23.5 Å². The van der Waals surface area contributed by atoms with Gasteiger partial charge in [-0.15, -0.1) is 0 Å². The second-order valence-electron chi connectivity index (χ2n) is 10.5. The summed E-state index contributed by atoms with van der Waals surface area (Å²) in [6.45, 7) is 5.15. The topological polar surface area (TPSA) is 78.9 Å². The van der Waals surface area contributed by atoms with Crippen LogP contribution < -0.4 is 11.1 Å². The lowest BCUT2D eigenvalue weighted by Gasteiger charge is -2.33. The minimum absolute atomic E-state index is 0.0298. The Hall–Kier alpha value is -2.92. The van der Waals surface area contributed by atoms with E-state index in [-0.39, 0.29) is 46.5 Å². The molecule has 2 unspecified atom stereocenters. The molecule has 2 saturated carbocycles. The molecule has 2 aromatic rings. The number of amides is 1. The van der Waals surface area contributed by atoms with Crippen molar-refractivity contribution >= 4 is 23.7 Å². The van der Waals surface area contributed by atoms with Crippen LogP contribution in [0.5, 0.6) is 0 Å². The maximum Gasteiger partial charge on any atom is 0.228 e. The number of halogens is 3. The van der Waals surface area contributed by atoms with Gasteiger partial charge in [0.2, 0.25) is 5.91 Å². The lowest BCUT2D eigenvalue weighted by atomic mass is 9.72. The first-order valence-corrected chi connectivity index (χ1v) is 14.5. The zero-order chi connectivity index (χ0) is 28.4. The number of nitriles is 1. The molecule has 4 nitrogen and oxygen atoms in total. The fourth-order valence-corrected chi connectivity index (χ4v) is 6.30. The molecular formula is C31H38F3N3OS. The van der Waals surface area contributed by atoms with Crippen LogP contribution >= 0.6 is 12.1 Å². The molecule has 2 aliphatic carbocycles. The first kappa shape index (κ1) is 30.6. The van der Waals surface area contributed by atoms with E-state index in [1.165, 1.54) is 18.3 Å². The Bertz CT molecular complexity index is 1170. The van der Waals surface area contributed by atoms with Gasteiger partial charge in [-0.25, -0.2) is 8.78 Å². The second-order valence-corrected chi connectivity index (χ2v) is 11.1. The number of nitrogens with one attached hydrogen (secondary N) is 1. The van der Waals surface area contributed by atoms with Crippen LogP contribution in [0.3, 0.4) is 0 Å². The Morgan fingerprint density at radius 2 is 1.79 bits per heavy atom. The van der Waals surface area contributed by atoms with E-state index in [0.717, 1.165) is 68.6 Å². The van der Waals surface area contributed by atoms with E-state index in [2.05, 4.69) is 23.7 Å². The lowest BCUT2D eigenvalue weighted by molar-refractivity contribution is -0.121. The molecule has 0 heterocycles. The lowest BCUT2D eigenvalue weighted by Crippen LogP contribution is -2.31. The highest BCUT2D eigenvalue weighted by Gasteiger charge is 2.34. The Kier molecular flexibility index (Phi) is 11.8. The van der Waals surface area contributed by atoms with Gasteiger partial charge in [0.05, 0.1) is 23.1 Å². The average molecular weight is 558 g/mol. The molecule has 0 radical (unpaired) electrons. The molecule has 210 valence electrons. The van der Waals surface area contributed by atoms with Gasteiger partial charge in [-0.3, -0.25) is 4.79 Å². The monoisotopic (exact) mass is 557 g/mol. The van der Waals surface area contributed by atoms with Crippen molar-refractivity contribution < 1.29 is 17.5 Å². The van der Waals surface area contributed by atoms with Gasteiger partial charge in [-0.05, 0) is 110 Å². The van der Waals surface area contributed by atoms with Gasteiger partial charge in [-0.2, -0.15) is 9.15 Å². The number of carbonyl (C=O) groups is 1. The minimum Gasteiger partial charge on any atom is -0.405 e. The summed E-state index contributed by atoms with van der Waals surface area (Å²) in [6, 6.07) is 9.92. The SMILES string of the molecule is C=CN.CCc1cc(F)c(CC2CCC(C#N)CC2)cc1C1CCCCC1C(=O)Nc1ccc(F)c(SF)c1. The van der Waals surface area contributed by atoms with Crippen LogP contribution in [0.2, 0.25) is 0 Å². The zero-order valence-corrected chi connectivity index (χ0v) is 23.3. The van der Waals surface area contributed by atoms with Crippen molar-refractivity contribution in [3.05, 3.63) is 71.4 Å². The van der Waals surface area contributed by atoms with Gasteiger partial charge in [-0.1, -0.05) is 32.4 Å². The smallest absolute Gasteiger partial charge is 0.228 e. The summed E-state index contributed by atoms with van der Waals surface area (Å²) in [5, 5.41) is 12.0. The summed E-state index contributed by atoms with van der Waals surface area (Å²) >= 11 is -0.185. The van der Waals surface area contributed by atoms with E-state index >= 15 is 4.39 Å². The summed E-state index contributed by atoms with van der Waals surface area (Å²) in [4.78, 5) is 13.2. The largest absolute Gasteiger partial charge is 0.405 e. The third kappa shape index (κ3) is 8.04. The fraction of sp³-hybridized carbons (Fsp3) is 0.484. The van der Waals surface area contributed by atoms with Gasteiger partial charge in [0.25, 0.3) is 0 Å². The number of aryl methyl sites for hydroxylation is 1. The third-order valence-corrected chi connectivity index (χ3v) is 8.49. The molecule has 0 saturated heterocycles. The van der Waals surface area contributed by atoms with Crippen molar-refractivity contribution in [2.45, 2.75) is 81.9 Å². The molecule has 0 aromatic heterocycles. The standard InChI is InChI=1S/C29H33F3N2OS.C2H5N/c1-2-20-15-27(31)21(13-18-7-9-19(17-33)10-8-18)14-25(20)23-5-3-4-6-24(23)29(35)34-22-11-12-26(30)28(16-22)36-32;1-2-3/h11-12,14-16,18-19,23-24H,2-10,13H2,1H3,(H,34,35);2H,1,3H2. The van der Waals surface area contributed by atoms with Gasteiger partial charge in [0.15, 0.2) is 0 Å². The van der Waals surface area contributed by atoms with Gasteiger partial charge >= 0.3 is 0 Å². The van der Waals surface area contributed by atoms with E-state index in [1.54, 1.807) is 6.07 Å².